The lowest BCUT2D eigenvalue weighted by atomic mass is 9.77. The molecule has 22 heavy (non-hydrogen) atoms. The van der Waals surface area contributed by atoms with Crippen LogP contribution in [-0.4, -0.2) is 17.1 Å². The average molecular weight is 290 g/mol. The molecule has 0 spiro atoms. The Bertz CT molecular complexity index is 822. The molecular weight excluding hydrogens is 276 g/mol. The summed E-state index contributed by atoms with van der Waals surface area (Å²) in [7, 11) is 0. The quantitative estimate of drug-likeness (QED) is 0.847. The first-order valence-electron chi connectivity index (χ1n) is 7.30. The van der Waals surface area contributed by atoms with Crippen LogP contribution in [-0.2, 0) is 11.2 Å². The molecule has 2 aromatic rings. The Balaban J connectivity index is 1.93. The van der Waals surface area contributed by atoms with E-state index in [1.54, 1.807) is 6.07 Å². The predicted molar refractivity (Wildman–Crippen MR) is 81.7 cm³/mol. The molecule has 2 aliphatic rings. The Morgan fingerprint density at radius 2 is 2.05 bits per heavy atom. The molecule has 4 heteroatoms. The van der Waals surface area contributed by atoms with Gasteiger partial charge in [0.05, 0.1) is 11.6 Å². The van der Waals surface area contributed by atoms with Crippen molar-refractivity contribution >= 4 is 11.7 Å². The number of carbonyl (C=O) groups is 1. The van der Waals surface area contributed by atoms with Gasteiger partial charge in [-0.15, -0.1) is 0 Å². The van der Waals surface area contributed by atoms with Gasteiger partial charge in [-0.05, 0) is 41.3 Å². The van der Waals surface area contributed by atoms with Crippen molar-refractivity contribution < 1.29 is 9.90 Å². The van der Waals surface area contributed by atoms with Crippen LogP contribution in [0.3, 0.4) is 0 Å². The smallest absolute Gasteiger partial charge is 0.326 e. The summed E-state index contributed by atoms with van der Waals surface area (Å²) in [6.07, 6.45) is 0.751. The number of nitriles is 1. The van der Waals surface area contributed by atoms with Crippen LogP contribution in [0.1, 0.15) is 28.2 Å². The summed E-state index contributed by atoms with van der Waals surface area (Å²) >= 11 is 0. The van der Waals surface area contributed by atoms with E-state index >= 15 is 0 Å². The van der Waals surface area contributed by atoms with Gasteiger partial charge in [0.2, 0.25) is 0 Å². The Labute approximate surface area is 128 Å². The number of carboxylic acid groups (broad SMARTS) is 1. The molecule has 0 radical (unpaired) electrons. The molecule has 4 rings (SSSR count). The average Bonchev–Trinajstić information content (AvgIpc) is 2.93. The first-order valence-corrected chi connectivity index (χ1v) is 7.30. The van der Waals surface area contributed by atoms with E-state index in [0.717, 1.165) is 17.7 Å². The fourth-order valence-electron chi connectivity index (χ4n) is 3.87. The number of nitrogens with zero attached hydrogens (tertiary/aromatic N) is 1. The zero-order valence-electron chi connectivity index (χ0n) is 11.8. The van der Waals surface area contributed by atoms with Crippen LogP contribution in [0.5, 0.6) is 0 Å². The summed E-state index contributed by atoms with van der Waals surface area (Å²) in [5.74, 6) is -0.795. The van der Waals surface area contributed by atoms with E-state index in [1.165, 1.54) is 11.1 Å². The maximum absolute atomic E-state index is 11.7. The van der Waals surface area contributed by atoms with Crippen molar-refractivity contribution in [1.82, 2.24) is 0 Å². The highest BCUT2D eigenvalue weighted by Gasteiger charge is 2.45. The summed E-state index contributed by atoms with van der Waals surface area (Å²) in [6, 6.07) is 15.1. The molecule has 0 saturated carbocycles. The van der Waals surface area contributed by atoms with Crippen molar-refractivity contribution in [3.05, 3.63) is 64.7 Å². The number of carboxylic acids is 1. The first kappa shape index (κ1) is 12.9. The van der Waals surface area contributed by atoms with Crippen LogP contribution >= 0.6 is 0 Å². The van der Waals surface area contributed by atoms with E-state index in [1.807, 2.05) is 24.3 Å². The summed E-state index contributed by atoms with van der Waals surface area (Å²) in [5.41, 5.74) is 4.87. The zero-order valence-corrected chi connectivity index (χ0v) is 11.8. The van der Waals surface area contributed by atoms with Crippen LogP contribution < -0.4 is 5.32 Å². The van der Waals surface area contributed by atoms with Crippen LogP contribution in [0.15, 0.2) is 42.5 Å². The van der Waals surface area contributed by atoms with E-state index < -0.39 is 12.0 Å². The second kappa shape index (κ2) is 4.60. The second-order valence-electron chi connectivity index (χ2n) is 5.92. The van der Waals surface area contributed by atoms with E-state index in [2.05, 4.69) is 23.5 Å². The number of fused-ring (bicyclic) bond motifs is 5. The standard InChI is InChI=1S/C18H14N2O2/c19-9-10-5-6-15-13(7-10)16-12-4-2-1-3-11(12)8-14(16)17(20-15)18(21)22/h1-7,14,16-17,20H,8H2,(H,21,22). The van der Waals surface area contributed by atoms with Gasteiger partial charge < -0.3 is 10.4 Å². The maximum atomic E-state index is 11.7. The van der Waals surface area contributed by atoms with Gasteiger partial charge in [-0.3, -0.25) is 0 Å². The van der Waals surface area contributed by atoms with Crippen molar-refractivity contribution in [1.29, 1.82) is 5.26 Å². The Morgan fingerprint density at radius 1 is 1.23 bits per heavy atom. The molecule has 0 bridgehead atoms. The fourth-order valence-corrected chi connectivity index (χ4v) is 3.87. The van der Waals surface area contributed by atoms with Crippen molar-refractivity contribution in [2.24, 2.45) is 5.92 Å². The number of anilines is 1. The molecule has 0 fully saturated rings. The third-order valence-corrected chi connectivity index (χ3v) is 4.79. The van der Waals surface area contributed by atoms with Gasteiger partial charge in [0, 0.05) is 17.5 Å². The molecule has 0 aromatic heterocycles. The molecule has 2 N–H and O–H groups in total. The van der Waals surface area contributed by atoms with Gasteiger partial charge in [-0.1, -0.05) is 24.3 Å². The highest BCUT2D eigenvalue weighted by molar-refractivity contribution is 5.81. The molecule has 108 valence electrons. The topological polar surface area (TPSA) is 73.1 Å². The molecule has 1 heterocycles. The fraction of sp³-hybridized carbons (Fsp3) is 0.222. The van der Waals surface area contributed by atoms with E-state index in [-0.39, 0.29) is 11.8 Å². The van der Waals surface area contributed by atoms with Crippen LogP contribution in [0.4, 0.5) is 5.69 Å². The minimum absolute atomic E-state index is 0.0173. The van der Waals surface area contributed by atoms with E-state index in [4.69, 9.17) is 5.26 Å². The SMILES string of the molecule is N#Cc1ccc2c(c1)C1c3ccccc3CC1C(C(=O)O)N2. The molecule has 2 aromatic carbocycles. The van der Waals surface area contributed by atoms with Gasteiger partial charge >= 0.3 is 5.97 Å². The Kier molecular flexibility index (Phi) is 2.70. The number of nitrogens with one attached hydrogen (secondary N) is 1. The van der Waals surface area contributed by atoms with Gasteiger partial charge in [-0.25, -0.2) is 4.79 Å². The summed E-state index contributed by atoms with van der Waals surface area (Å²) < 4.78 is 0. The predicted octanol–water partition coefficient (Wildman–Crippen LogP) is 2.74. The van der Waals surface area contributed by atoms with Crippen LogP contribution in [0.2, 0.25) is 0 Å². The molecule has 0 amide bonds. The Morgan fingerprint density at radius 3 is 2.82 bits per heavy atom. The molecule has 1 aliphatic carbocycles. The van der Waals surface area contributed by atoms with Gasteiger partial charge in [0.1, 0.15) is 6.04 Å². The largest absolute Gasteiger partial charge is 0.480 e. The summed E-state index contributed by atoms with van der Waals surface area (Å²) in [5, 5.41) is 21.9. The number of rotatable bonds is 1. The van der Waals surface area contributed by atoms with E-state index in [0.29, 0.717) is 5.56 Å². The molecule has 1 aliphatic heterocycles. The van der Waals surface area contributed by atoms with Crippen molar-refractivity contribution in [3.63, 3.8) is 0 Å². The molecule has 3 unspecified atom stereocenters. The maximum Gasteiger partial charge on any atom is 0.326 e. The molecule has 3 atom stereocenters. The zero-order chi connectivity index (χ0) is 15.3. The van der Waals surface area contributed by atoms with Crippen LogP contribution in [0.25, 0.3) is 0 Å². The molecule has 0 saturated heterocycles. The van der Waals surface area contributed by atoms with Gasteiger partial charge in [0.15, 0.2) is 0 Å². The lowest BCUT2D eigenvalue weighted by molar-refractivity contribution is -0.139. The van der Waals surface area contributed by atoms with Crippen molar-refractivity contribution in [2.75, 3.05) is 5.32 Å². The minimum atomic E-state index is -0.821. The third kappa shape index (κ3) is 1.72. The van der Waals surface area contributed by atoms with Crippen LogP contribution in [0, 0.1) is 17.2 Å². The molecular formula is C18H14N2O2. The third-order valence-electron chi connectivity index (χ3n) is 4.79. The number of benzene rings is 2. The van der Waals surface area contributed by atoms with Gasteiger partial charge in [0.25, 0.3) is 0 Å². The first-order chi connectivity index (χ1) is 10.7. The monoisotopic (exact) mass is 290 g/mol. The molecule has 4 nitrogen and oxygen atoms in total. The number of hydrogen-bond acceptors (Lipinski definition) is 3. The highest BCUT2D eigenvalue weighted by Crippen LogP contribution is 2.49. The normalized spacial score (nSPS) is 24.4. The highest BCUT2D eigenvalue weighted by atomic mass is 16.4. The summed E-state index contributed by atoms with van der Waals surface area (Å²) in [6.45, 7) is 0. The van der Waals surface area contributed by atoms with Crippen molar-refractivity contribution in [2.45, 2.75) is 18.4 Å². The lowest BCUT2D eigenvalue weighted by Gasteiger charge is -2.35. The van der Waals surface area contributed by atoms with E-state index in [9.17, 15) is 9.90 Å². The minimum Gasteiger partial charge on any atom is -0.480 e. The Hall–Kier alpha value is -2.80. The second-order valence-corrected chi connectivity index (χ2v) is 5.92. The summed E-state index contributed by atoms with van der Waals surface area (Å²) in [4.78, 5) is 11.7. The number of aliphatic carboxylic acids is 1. The van der Waals surface area contributed by atoms with Gasteiger partial charge in [-0.2, -0.15) is 5.26 Å². The number of hydrogen-bond donors (Lipinski definition) is 2. The van der Waals surface area contributed by atoms with Crippen molar-refractivity contribution in [3.8, 4) is 6.07 Å². The lowest BCUT2D eigenvalue weighted by Crippen LogP contribution is -2.42.